The van der Waals surface area contributed by atoms with Crippen LogP contribution in [0, 0.1) is 21.4 Å². The minimum Gasteiger partial charge on any atom is -0.462 e. The highest BCUT2D eigenvalue weighted by molar-refractivity contribution is 7.87. The van der Waals surface area contributed by atoms with Gasteiger partial charge in [0.15, 0.2) is 0 Å². The smallest absolute Gasteiger partial charge is 0.348 e. The maximum absolute atomic E-state index is 12.2. The van der Waals surface area contributed by atoms with E-state index in [2.05, 4.69) is 0 Å². The molecule has 0 spiro atoms. The number of benzene rings is 2. The fourth-order valence-corrected chi connectivity index (χ4v) is 2.97. The van der Waals surface area contributed by atoms with Gasteiger partial charge in [-0.1, -0.05) is 12.1 Å². The van der Waals surface area contributed by atoms with Crippen molar-refractivity contribution in [3.63, 3.8) is 0 Å². The molecule has 0 saturated carbocycles. The van der Waals surface area contributed by atoms with E-state index in [1.165, 1.54) is 30.3 Å². The molecule has 0 bridgehead atoms. The molecule has 0 atom stereocenters. The van der Waals surface area contributed by atoms with Gasteiger partial charge in [-0.05, 0) is 42.8 Å². The van der Waals surface area contributed by atoms with Gasteiger partial charge >= 0.3 is 16.1 Å². The number of nitro groups is 1. The topological polar surface area (TPSA) is 137 Å². The number of ether oxygens (including phenoxy) is 1. The van der Waals surface area contributed by atoms with Gasteiger partial charge in [-0.15, -0.1) is 0 Å². The fraction of sp³-hybridized carbons (Fsp3) is 0.111. The molecular formula is C18H14N2O7S. The SMILES string of the molecule is CCOC(=O)/C(C#N)=C\c1ccc(OS(=O)(=O)c2ccc([N+](=O)[O-])cc2)cc1. The number of esters is 1. The summed E-state index contributed by atoms with van der Waals surface area (Å²) >= 11 is 0. The Morgan fingerprint density at radius 2 is 1.79 bits per heavy atom. The summed E-state index contributed by atoms with van der Waals surface area (Å²) in [6, 6.07) is 11.6. The van der Waals surface area contributed by atoms with Crippen molar-refractivity contribution in [1.82, 2.24) is 0 Å². The Labute approximate surface area is 160 Å². The zero-order valence-corrected chi connectivity index (χ0v) is 15.4. The molecule has 2 rings (SSSR count). The summed E-state index contributed by atoms with van der Waals surface area (Å²) < 4.78 is 34.2. The van der Waals surface area contributed by atoms with E-state index >= 15 is 0 Å². The summed E-state index contributed by atoms with van der Waals surface area (Å²) in [5.74, 6) is -0.767. The zero-order chi connectivity index (χ0) is 20.7. The van der Waals surface area contributed by atoms with Crippen LogP contribution in [0.3, 0.4) is 0 Å². The Kier molecular flexibility index (Phi) is 6.46. The van der Waals surface area contributed by atoms with E-state index in [9.17, 15) is 23.3 Å². The molecule has 0 aliphatic rings. The number of rotatable bonds is 7. The Bertz CT molecular complexity index is 1050. The molecule has 144 valence electrons. The van der Waals surface area contributed by atoms with Gasteiger partial charge in [-0.3, -0.25) is 10.1 Å². The minimum atomic E-state index is -4.18. The fourth-order valence-electron chi connectivity index (χ4n) is 2.04. The lowest BCUT2D eigenvalue weighted by atomic mass is 10.1. The normalized spacial score (nSPS) is 11.4. The van der Waals surface area contributed by atoms with Crippen molar-refractivity contribution in [3.05, 3.63) is 69.8 Å². The first-order valence-corrected chi connectivity index (χ1v) is 9.25. The van der Waals surface area contributed by atoms with Crippen molar-refractivity contribution < 1.29 is 27.1 Å². The maximum atomic E-state index is 12.2. The van der Waals surface area contributed by atoms with Gasteiger partial charge in [0.25, 0.3) is 5.69 Å². The molecule has 0 saturated heterocycles. The van der Waals surface area contributed by atoms with Gasteiger partial charge < -0.3 is 8.92 Å². The van der Waals surface area contributed by atoms with Crippen LogP contribution in [0.5, 0.6) is 5.75 Å². The molecule has 0 aromatic heterocycles. The first-order chi connectivity index (χ1) is 13.3. The Balaban J connectivity index is 2.18. The second-order valence-electron chi connectivity index (χ2n) is 5.25. The number of hydrogen-bond donors (Lipinski definition) is 0. The summed E-state index contributed by atoms with van der Waals surface area (Å²) in [7, 11) is -4.18. The van der Waals surface area contributed by atoms with E-state index in [0.29, 0.717) is 5.56 Å². The highest BCUT2D eigenvalue weighted by atomic mass is 32.2. The molecule has 2 aromatic carbocycles. The van der Waals surface area contributed by atoms with Crippen LogP contribution < -0.4 is 4.18 Å². The molecule has 0 unspecified atom stereocenters. The molecule has 2 aromatic rings. The van der Waals surface area contributed by atoms with Crippen molar-refractivity contribution in [1.29, 1.82) is 5.26 Å². The molecule has 0 aliphatic heterocycles. The molecule has 0 N–H and O–H groups in total. The third kappa shape index (κ3) is 5.15. The molecular weight excluding hydrogens is 388 g/mol. The van der Waals surface area contributed by atoms with Gasteiger partial charge in [0.2, 0.25) is 0 Å². The lowest BCUT2D eigenvalue weighted by Crippen LogP contribution is -2.09. The molecule has 0 fully saturated rings. The third-order valence-electron chi connectivity index (χ3n) is 3.35. The van der Waals surface area contributed by atoms with E-state index in [1.807, 2.05) is 0 Å². The summed E-state index contributed by atoms with van der Waals surface area (Å²) in [6.45, 7) is 1.75. The highest BCUT2D eigenvalue weighted by Gasteiger charge is 2.18. The van der Waals surface area contributed by atoms with Gasteiger partial charge in [0.05, 0.1) is 11.5 Å². The van der Waals surface area contributed by atoms with Crippen molar-refractivity contribution in [2.45, 2.75) is 11.8 Å². The number of hydrogen-bond acceptors (Lipinski definition) is 8. The minimum absolute atomic E-state index is 0.00912. The van der Waals surface area contributed by atoms with Crippen LogP contribution in [-0.4, -0.2) is 25.9 Å². The number of nitriles is 1. The van der Waals surface area contributed by atoms with Gasteiger partial charge in [0.1, 0.15) is 22.3 Å². The highest BCUT2D eigenvalue weighted by Crippen LogP contribution is 2.22. The van der Waals surface area contributed by atoms with E-state index in [0.717, 1.165) is 24.3 Å². The van der Waals surface area contributed by atoms with Crippen molar-refractivity contribution >= 4 is 27.9 Å². The van der Waals surface area contributed by atoms with Crippen molar-refractivity contribution in [2.75, 3.05) is 6.61 Å². The summed E-state index contributed by atoms with van der Waals surface area (Å²) in [5, 5.41) is 19.6. The first kappa shape index (κ1) is 20.6. The Hall–Kier alpha value is -3.71. The van der Waals surface area contributed by atoms with Crippen LogP contribution in [-0.2, 0) is 19.6 Å². The van der Waals surface area contributed by atoms with Crippen molar-refractivity contribution in [3.8, 4) is 11.8 Å². The molecule has 10 heteroatoms. The second-order valence-corrected chi connectivity index (χ2v) is 6.79. The molecule has 0 heterocycles. The second kappa shape index (κ2) is 8.79. The molecule has 0 amide bonds. The lowest BCUT2D eigenvalue weighted by Gasteiger charge is -2.07. The van der Waals surface area contributed by atoms with E-state index in [-0.39, 0.29) is 28.5 Å². The standard InChI is InChI=1S/C18H14N2O7S/c1-2-26-18(21)14(12-19)11-13-3-7-16(8-4-13)27-28(24,25)17-9-5-15(6-10-17)20(22)23/h3-11H,2H2,1H3/b14-11-. The Morgan fingerprint density at radius 1 is 1.18 bits per heavy atom. The van der Waals surface area contributed by atoms with Gasteiger partial charge in [-0.25, -0.2) is 4.79 Å². The average Bonchev–Trinajstić information content (AvgIpc) is 2.67. The van der Waals surface area contributed by atoms with Crippen LogP contribution in [0.15, 0.2) is 59.0 Å². The largest absolute Gasteiger partial charge is 0.462 e. The summed E-state index contributed by atoms with van der Waals surface area (Å²) in [5.41, 5.74) is 0.0173. The summed E-state index contributed by atoms with van der Waals surface area (Å²) in [6.07, 6.45) is 1.30. The van der Waals surface area contributed by atoms with E-state index in [1.54, 1.807) is 13.0 Å². The molecule has 0 aliphatic carbocycles. The monoisotopic (exact) mass is 402 g/mol. The number of non-ortho nitro benzene ring substituents is 1. The predicted octanol–water partition coefficient (Wildman–Crippen LogP) is 2.83. The quantitative estimate of drug-likeness (QED) is 0.172. The van der Waals surface area contributed by atoms with Gasteiger partial charge in [0, 0.05) is 12.1 Å². The lowest BCUT2D eigenvalue weighted by molar-refractivity contribution is -0.384. The molecule has 28 heavy (non-hydrogen) atoms. The Morgan fingerprint density at radius 3 is 2.29 bits per heavy atom. The molecule has 9 nitrogen and oxygen atoms in total. The average molecular weight is 402 g/mol. The van der Waals surface area contributed by atoms with Crippen LogP contribution in [0.25, 0.3) is 6.08 Å². The summed E-state index contributed by atoms with van der Waals surface area (Å²) in [4.78, 5) is 21.3. The zero-order valence-electron chi connectivity index (χ0n) is 14.6. The number of nitro benzene ring substituents is 1. The number of nitrogens with zero attached hydrogens (tertiary/aromatic N) is 2. The predicted molar refractivity (Wildman–Crippen MR) is 97.6 cm³/mol. The van der Waals surface area contributed by atoms with Crippen LogP contribution in [0.1, 0.15) is 12.5 Å². The van der Waals surface area contributed by atoms with E-state index < -0.39 is 21.0 Å². The molecule has 0 radical (unpaired) electrons. The van der Waals surface area contributed by atoms with Crippen LogP contribution >= 0.6 is 0 Å². The third-order valence-corrected chi connectivity index (χ3v) is 4.61. The first-order valence-electron chi connectivity index (χ1n) is 7.84. The van der Waals surface area contributed by atoms with Crippen LogP contribution in [0.4, 0.5) is 5.69 Å². The van der Waals surface area contributed by atoms with Crippen molar-refractivity contribution in [2.24, 2.45) is 0 Å². The van der Waals surface area contributed by atoms with E-state index in [4.69, 9.17) is 14.2 Å². The van der Waals surface area contributed by atoms with Crippen LogP contribution in [0.2, 0.25) is 0 Å². The maximum Gasteiger partial charge on any atom is 0.348 e. The number of carbonyl (C=O) groups excluding carboxylic acids is 1. The number of carbonyl (C=O) groups is 1. The van der Waals surface area contributed by atoms with Gasteiger partial charge in [-0.2, -0.15) is 13.7 Å².